The second kappa shape index (κ2) is 5.49. The first kappa shape index (κ1) is 12.4. The highest BCUT2D eigenvalue weighted by molar-refractivity contribution is 5.88. The smallest absolute Gasteiger partial charge is 0.242 e. The Hall–Kier alpha value is -1.10. The first-order valence-electron chi connectivity index (χ1n) is 6.49. The highest BCUT2D eigenvalue weighted by Crippen LogP contribution is 2.13. The number of hydrogen-bond acceptors (Lipinski definition) is 3. The van der Waals surface area contributed by atoms with E-state index in [0.29, 0.717) is 25.6 Å². The van der Waals surface area contributed by atoms with Gasteiger partial charge < -0.3 is 15.5 Å². The maximum atomic E-state index is 12.1. The highest BCUT2D eigenvalue weighted by atomic mass is 16.2. The van der Waals surface area contributed by atoms with E-state index in [1.807, 2.05) is 0 Å². The van der Waals surface area contributed by atoms with Crippen LogP contribution in [0.2, 0.25) is 0 Å². The zero-order valence-electron chi connectivity index (χ0n) is 10.4. The van der Waals surface area contributed by atoms with Gasteiger partial charge in [0, 0.05) is 25.6 Å². The number of nitrogens with one attached hydrogen (secondary N) is 2. The van der Waals surface area contributed by atoms with Gasteiger partial charge in [-0.3, -0.25) is 9.59 Å². The van der Waals surface area contributed by atoms with Gasteiger partial charge in [0.05, 0.1) is 0 Å². The van der Waals surface area contributed by atoms with E-state index in [4.69, 9.17) is 0 Å². The van der Waals surface area contributed by atoms with Gasteiger partial charge in [0.2, 0.25) is 11.8 Å². The summed E-state index contributed by atoms with van der Waals surface area (Å²) in [5.41, 5.74) is 0. The van der Waals surface area contributed by atoms with E-state index in [0.717, 1.165) is 13.0 Å². The molecule has 0 aliphatic carbocycles. The van der Waals surface area contributed by atoms with Crippen molar-refractivity contribution in [3.8, 4) is 0 Å². The van der Waals surface area contributed by atoms with Crippen molar-refractivity contribution in [3.05, 3.63) is 0 Å². The van der Waals surface area contributed by atoms with E-state index in [2.05, 4.69) is 10.6 Å². The van der Waals surface area contributed by atoms with Crippen LogP contribution in [0.1, 0.15) is 32.6 Å². The number of piperazine rings is 1. The maximum Gasteiger partial charge on any atom is 0.242 e. The van der Waals surface area contributed by atoms with Crippen molar-refractivity contribution in [3.63, 3.8) is 0 Å². The van der Waals surface area contributed by atoms with E-state index in [-0.39, 0.29) is 17.9 Å². The molecule has 0 aromatic carbocycles. The van der Waals surface area contributed by atoms with Crippen LogP contribution < -0.4 is 10.6 Å². The predicted octanol–water partition coefficient (Wildman–Crippen LogP) is -0.134. The van der Waals surface area contributed by atoms with Crippen LogP contribution in [0, 0.1) is 0 Å². The van der Waals surface area contributed by atoms with Gasteiger partial charge in [-0.1, -0.05) is 6.42 Å². The minimum absolute atomic E-state index is 0.0406. The summed E-state index contributed by atoms with van der Waals surface area (Å²) < 4.78 is 0. The molecule has 2 saturated heterocycles. The highest BCUT2D eigenvalue weighted by Gasteiger charge is 2.30. The van der Waals surface area contributed by atoms with Crippen LogP contribution in [0.25, 0.3) is 0 Å². The minimum Gasteiger partial charge on any atom is -0.353 e. The van der Waals surface area contributed by atoms with Gasteiger partial charge in [0.1, 0.15) is 6.04 Å². The van der Waals surface area contributed by atoms with Crippen LogP contribution >= 0.6 is 0 Å². The molecule has 5 nitrogen and oxygen atoms in total. The first-order chi connectivity index (χ1) is 8.18. The van der Waals surface area contributed by atoms with Gasteiger partial charge in [-0.25, -0.2) is 0 Å². The zero-order chi connectivity index (χ0) is 12.3. The number of nitrogens with zero attached hydrogens (tertiary/aromatic N) is 1. The number of hydrogen-bond donors (Lipinski definition) is 2. The predicted molar refractivity (Wildman–Crippen MR) is 64.4 cm³/mol. The van der Waals surface area contributed by atoms with Gasteiger partial charge in [-0.05, 0) is 26.3 Å². The summed E-state index contributed by atoms with van der Waals surface area (Å²) in [4.78, 5) is 25.3. The van der Waals surface area contributed by atoms with Crippen molar-refractivity contribution in [1.29, 1.82) is 0 Å². The van der Waals surface area contributed by atoms with Crippen LogP contribution in [0.5, 0.6) is 0 Å². The Labute approximate surface area is 102 Å². The van der Waals surface area contributed by atoms with Crippen molar-refractivity contribution in [2.24, 2.45) is 0 Å². The molecule has 0 bridgehead atoms. The number of carbonyl (C=O) groups excluding carboxylic acids is 2. The van der Waals surface area contributed by atoms with E-state index in [9.17, 15) is 9.59 Å². The van der Waals surface area contributed by atoms with Crippen molar-refractivity contribution < 1.29 is 9.59 Å². The average Bonchev–Trinajstić information content (AvgIpc) is 2.34. The largest absolute Gasteiger partial charge is 0.353 e. The molecule has 2 heterocycles. The van der Waals surface area contributed by atoms with Crippen LogP contribution in [0.3, 0.4) is 0 Å². The fourth-order valence-electron chi connectivity index (χ4n) is 2.55. The molecule has 2 fully saturated rings. The molecule has 0 spiro atoms. The summed E-state index contributed by atoms with van der Waals surface area (Å²) in [7, 11) is 0. The summed E-state index contributed by atoms with van der Waals surface area (Å²) in [5, 5.41) is 6.14. The molecular weight excluding hydrogens is 218 g/mol. The molecule has 2 atom stereocenters. The SMILES string of the molecule is CC1C(=O)NCCN1C(=O)CC1CCCCN1. The number of amides is 2. The van der Waals surface area contributed by atoms with E-state index < -0.39 is 0 Å². The van der Waals surface area contributed by atoms with Crippen LogP contribution in [0.15, 0.2) is 0 Å². The molecule has 0 aromatic heterocycles. The Morgan fingerprint density at radius 3 is 2.94 bits per heavy atom. The van der Waals surface area contributed by atoms with Crippen LogP contribution in [0.4, 0.5) is 0 Å². The standard InChI is InChI=1S/C12H21N3O2/c1-9-12(17)14-6-7-15(9)11(16)8-10-4-2-3-5-13-10/h9-10,13H,2-8H2,1H3,(H,14,17). The molecule has 0 saturated carbocycles. The lowest BCUT2D eigenvalue weighted by atomic mass is 10.0. The summed E-state index contributed by atoms with van der Waals surface area (Å²) in [6, 6.07) is -0.0201. The summed E-state index contributed by atoms with van der Waals surface area (Å²) in [6.45, 7) is 4.01. The lowest BCUT2D eigenvalue weighted by molar-refractivity contribution is -0.142. The third-order valence-electron chi connectivity index (χ3n) is 3.65. The van der Waals surface area contributed by atoms with Gasteiger partial charge >= 0.3 is 0 Å². The summed E-state index contributed by atoms with van der Waals surface area (Å²) >= 11 is 0. The van der Waals surface area contributed by atoms with Crippen LogP contribution in [-0.4, -0.2) is 48.4 Å². The molecule has 5 heteroatoms. The Kier molecular flexibility index (Phi) is 3.99. The first-order valence-corrected chi connectivity index (χ1v) is 6.49. The zero-order valence-corrected chi connectivity index (χ0v) is 10.4. The fraction of sp³-hybridized carbons (Fsp3) is 0.833. The minimum atomic E-state index is -0.320. The maximum absolute atomic E-state index is 12.1. The lowest BCUT2D eigenvalue weighted by Crippen LogP contribution is -2.56. The molecule has 2 N–H and O–H groups in total. The Bertz CT molecular complexity index is 300. The number of piperidine rings is 1. The molecule has 0 radical (unpaired) electrons. The quantitative estimate of drug-likeness (QED) is 0.705. The van der Waals surface area contributed by atoms with Gasteiger partial charge in [0.25, 0.3) is 0 Å². The van der Waals surface area contributed by atoms with E-state index >= 15 is 0 Å². The molecule has 2 aliphatic rings. The molecular formula is C12H21N3O2. The molecule has 2 unspecified atom stereocenters. The van der Waals surface area contributed by atoms with Crippen molar-refractivity contribution in [2.45, 2.75) is 44.7 Å². The average molecular weight is 239 g/mol. The van der Waals surface area contributed by atoms with Gasteiger partial charge in [-0.2, -0.15) is 0 Å². The molecule has 0 aromatic rings. The molecule has 96 valence electrons. The number of carbonyl (C=O) groups is 2. The van der Waals surface area contributed by atoms with Gasteiger partial charge in [0.15, 0.2) is 0 Å². The van der Waals surface area contributed by atoms with Crippen molar-refractivity contribution in [2.75, 3.05) is 19.6 Å². The molecule has 2 rings (SSSR count). The third kappa shape index (κ3) is 2.97. The fourth-order valence-corrected chi connectivity index (χ4v) is 2.55. The van der Waals surface area contributed by atoms with Gasteiger partial charge in [-0.15, -0.1) is 0 Å². The Morgan fingerprint density at radius 2 is 2.24 bits per heavy atom. The number of rotatable bonds is 2. The second-order valence-electron chi connectivity index (χ2n) is 4.91. The Morgan fingerprint density at radius 1 is 1.41 bits per heavy atom. The monoisotopic (exact) mass is 239 g/mol. The molecule has 2 aliphatic heterocycles. The van der Waals surface area contributed by atoms with Crippen molar-refractivity contribution >= 4 is 11.8 Å². The van der Waals surface area contributed by atoms with Crippen LogP contribution in [-0.2, 0) is 9.59 Å². The van der Waals surface area contributed by atoms with E-state index in [1.54, 1.807) is 11.8 Å². The second-order valence-corrected chi connectivity index (χ2v) is 4.91. The Balaban J connectivity index is 1.87. The lowest BCUT2D eigenvalue weighted by Gasteiger charge is -2.34. The summed E-state index contributed by atoms with van der Waals surface area (Å²) in [6.07, 6.45) is 3.99. The van der Waals surface area contributed by atoms with E-state index in [1.165, 1.54) is 12.8 Å². The summed E-state index contributed by atoms with van der Waals surface area (Å²) in [5.74, 6) is 0.0629. The topological polar surface area (TPSA) is 61.4 Å². The third-order valence-corrected chi connectivity index (χ3v) is 3.65. The molecule has 17 heavy (non-hydrogen) atoms. The normalized spacial score (nSPS) is 29.9. The molecule has 2 amide bonds. The van der Waals surface area contributed by atoms with Crippen molar-refractivity contribution in [1.82, 2.24) is 15.5 Å².